The van der Waals surface area contributed by atoms with Crippen molar-refractivity contribution >= 4 is 53.4 Å². The van der Waals surface area contributed by atoms with Crippen LogP contribution in [-0.2, 0) is 28.8 Å². The van der Waals surface area contributed by atoms with Gasteiger partial charge in [-0.1, -0.05) is 0 Å². The largest absolute Gasteiger partial charge is 0.481 e. The lowest BCUT2D eigenvalue weighted by molar-refractivity contribution is -0.143. The van der Waals surface area contributed by atoms with Gasteiger partial charge in [0.05, 0.1) is 6.04 Å². The van der Waals surface area contributed by atoms with E-state index < -0.39 is 72.6 Å². The first-order valence-electron chi connectivity index (χ1n) is 11.7. The number of carbonyl (C=O) groups excluding carboxylic acids is 3. The van der Waals surface area contributed by atoms with Crippen LogP contribution in [0.2, 0.25) is 0 Å². The summed E-state index contributed by atoms with van der Waals surface area (Å²) in [6.45, 7) is 0.224. The maximum absolute atomic E-state index is 13.0. The van der Waals surface area contributed by atoms with Crippen molar-refractivity contribution in [3.8, 4) is 0 Å². The molecule has 0 saturated carbocycles. The number of hydrogen-bond acceptors (Lipinski definition) is 9. The molecule has 0 aromatic carbocycles. The summed E-state index contributed by atoms with van der Waals surface area (Å²) in [5, 5.41) is 34.2. The number of hydrogen-bond donors (Lipinski definition) is 9. The quantitative estimate of drug-likeness (QED) is 0.0417. The van der Waals surface area contributed by atoms with Gasteiger partial charge in [-0.3, -0.25) is 29.0 Å². The van der Waals surface area contributed by atoms with Gasteiger partial charge in [0, 0.05) is 19.4 Å². The van der Waals surface area contributed by atoms with Crippen LogP contribution in [-0.4, -0.2) is 99.6 Å². The molecule has 0 spiro atoms. The van der Waals surface area contributed by atoms with Gasteiger partial charge in [-0.25, -0.2) is 4.79 Å². The van der Waals surface area contributed by atoms with Crippen LogP contribution in [0.3, 0.4) is 0 Å². The van der Waals surface area contributed by atoms with E-state index in [-0.39, 0.29) is 38.2 Å². The van der Waals surface area contributed by atoms with Crippen molar-refractivity contribution < 1.29 is 44.1 Å². The lowest BCUT2D eigenvalue weighted by Gasteiger charge is -2.25. The van der Waals surface area contributed by atoms with E-state index in [1.807, 2.05) is 0 Å². The lowest BCUT2D eigenvalue weighted by atomic mass is 10.1. The Balaban J connectivity index is 5.47. The van der Waals surface area contributed by atoms with E-state index in [0.717, 1.165) is 0 Å². The van der Waals surface area contributed by atoms with E-state index in [2.05, 4.69) is 20.9 Å². The molecule has 216 valence electrons. The molecule has 3 amide bonds. The molecule has 16 nitrogen and oxygen atoms in total. The van der Waals surface area contributed by atoms with Crippen molar-refractivity contribution in [3.63, 3.8) is 0 Å². The number of carbonyl (C=O) groups is 6. The number of thioether (sulfide) groups is 1. The molecule has 0 heterocycles. The number of amides is 3. The predicted octanol–water partition coefficient (Wildman–Crippen LogP) is -2.61. The summed E-state index contributed by atoms with van der Waals surface area (Å²) in [6, 6.07) is -5.15. The molecule has 0 bridgehead atoms. The number of nitrogens with zero attached hydrogens (tertiary/aromatic N) is 1. The topological polar surface area (TPSA) is 290 Å². The second-order valence-electron chi connectivity index (χ2n) is 8.22. The average Bonchev–Trinajstić information content (AvgIpc) is 2.83. The molecule has 0 aromatic rings. The summed E-state index contributed by atoms with van der Waals surface area (Å²) in [5.74, 6) is -6.12. The summed E-state index contributed by atoms with van der Waals surface area (Å²) >= 11 is 1.35. The summed E-state index contributed by atoms with van der Waals surface area (Å²) in [4.78, 5) is 75.4. The van der Waals surface area contributed by atoms with Gasteiger partial charge in [-0.05, 0) is 44.1 Å². The molecule has 0 aromatic heterocycles. The Bertz CT molecular complexity index is 868. The highest BCUT2D eigenvalue weighted by Crippen LogP contribution is 2.07. The summed E-state index contributed by atoms with van der Waals surface area (Å²) in [5.41, 5.74) is 16.3. The highest BCUT2D eigenvalue weighted by molar-refractivity contribution is 7.98. The minimum Gasteiger partial charge on any atom is -0.481 e. The number of carboxylic acids is 3. The van der Waals surface area contributed by atoms with Crippen LogP contribution < -0.4 is 33.2 Å². The molecule has 0 rings (SSSR count). The van der Waals surface area contributed by atoms with Gasteiger partial charge in [0.15, 0.2) is 5.96 Å². The Morgan fingerprint density at radius 1 is 0.763 bits per heavy atom. The molecule has 0 saturated heterocycles. The van der Waals surface area contributed by atoms with Crippen LogP contribution in [0.15, 0.2) is 4.99 Å². The Hall–Kier alpha value is -3.60. The molecular weight excluding hydrogens is 526 g/mol. The van der Waals surface area contributed by atoms with Crippen molar-refractivity contribution in [3.05, 3.63) is 0 Å². The highest BCUT2D eigenvalue weighted by atomic mass is 32.2. The number of carboxylic acid groups (broad SMARTS) is 3. The van der Waals surface area contributed by atoms with Gasteiger partial charge >= 0.3 is 17.9 Å². The first kappa shape index (κ1) is 34.4. The maximum Gasteiger partial charge on any atom is 0.326 e. The van der Waals surface area contributed by atoms with Crippen molar-refractivity contribution in [2.45, 2.75) is 69.1 Å². The first-order chi connectivity index (χ1) is 17.8. The monoisotopic (exact) mass is 563 g/mol. The zero-order valence-electron chi connectivity index (χ0n) is 21.1. The number of guanidine groups is 1. The summed E-state index contributed by atoms with van der Waals surface area (Å²) < 4.78 is 0. The van der Waals surface area contributed by atoms with Crippen molar-refractivity contribution in [1.29, 1.82) is 0 Å². The van der Waals surface area contributed by atoms with Crippen LogP contribution in [0.5, 0.6) is 0 Å². The van der Waals surface area contributed by atoms with Crippen LogP contribution in [0.4, 0.5) is 0 Å². The van der Waals surface area contributed by atoms with Crippen LogP contribution >= 0.6 is 11.8 Å². The van der Waals surface area contributed by atoms with Crippen molar-refractivity contribution in [2.75, 3.05) is 18.6 Å². The normalized spacial score (nSPS) is 13.7. The van der Waals surface area contributed by atoms with Gasteiger partial charge in [-0.2, -0.15) is 11.8 Å². The molecule has 4 unspecified atom stereocenters. The SMILES string of the molecule is CSCCC(NC(=O)C(CCC(=O)O)NC(=O)C(N)CCCN=C(N)N)C(=O)NC(CCC(=O)O)C(=O)O. The Morgan fingerprint density at radius 2 is 1.24 bits per heavy atom. The van der Waals surface area contributed by atoms with E-state index >= 15 is 0 Å². The van der Waals surface area contributed by atoms with Gasteiger partial charge in [0.2, 0.25) is 17.7 Å². The standard InChI is InChI=1S/C21H37N7O9S/c1-38-10-8-13(19(35)28-14(20(36)37)5-7-16(31)32)27-18(34)12(4-6-15(29)30)26-17(33)11(22)3-2-9-25-21(23)24/h11-14H,2-10,22H2,1H3,(H,26,33)(H,27,34)(H,28,35)(H,29,30)(H,31,32)(H,36,37)(H4,23,24,25). The second-order valence-corrected chi connectivity index (χ2v) is 9.21. The zero-order valence-corrected chi connectivity index (χ0v) is 21.9. The Kier molecular flexibility index (Phi) is 16.9. The number of nitrogens with one attached hydrogen (secondary N) is 3. The third-order valence-corrected chi connectivity index (χ3v) is 5.73. The van der Waals surface area contributed by atoms with Crippen LogP contribution in [0.1, 0.15) is 44.9 Å². The first-order valence-corrected chi connectivity index (χ1v) is 13.0. The van der Waals surface area contributed by atoms with Gasteiger partial charge in [-0.15, -0.1) is 0 Å². The number of aliphatic imine (C=N–C) groups is 1. The molecule has 38 heavy (non-hydrogen) atoms. The van der Waals surface area contributed by atoms with E-state index in [1.54, 1.807) is 6.26 Å². The van der Waals surface area contributed by atoms with Crippen LogP contribution in [0, 0.1) is 0 Å². The number of nitrogens with two attached hydrogens (primary N) is 3. The molecule has 17 heteroatoms. The number of rotatable bonds is 20. The molecule has 0 aliphatic heterocycles. The van der Waals surface area contributed by atoms with Gasteiger partial charge in [0.25, 0.3) is 0 Å². The predicted molar refractivity (Wildman–Crippen MR) is 138 cm³/mol. The molecule has 12 N–H and O–H groups in total. The lowest BCUT2D eigenvalue weighted by Crippen LogP contribution is -2.57. The van der Waals surface area contributed by atoms with Gasteiger partial charge in [0.1, 0.15) is 18.1 Å². The molecular formula is C21H37N7O9S. The summed E-state index contributed by atoms with van der Waals surface area (Å²) in [6.07, 6.45) is 0.690. The Labute approximate surface area is 223 Å². The number of aliphatic carboxylic acids is 3. The average molecular weight is 564 g/mol. The van der Waals surface area contributed by atoms with E-state index in [4.69, 9.17) is 27.4 Å². The van der Waals surface area contributed by atoms with E-state index in [9.17, 15) is 33.9 Å². The van der Waals surface area contributed by atoms with Crippen LogP contribution in [0.25, 0.3) is 0 Å². The fourth-order valence-corrected chi connectivity index (χ4v) is 3.51. The Morgan fingerprint density at radius 3 is 1.71 bits per heavy atom. The third-order valence-electron chi connectivity index (χ3n) is 5.09. The fraction of sp³-hybridized carbons (Fsp3) is 0.667. The minimum atomic E-state index is -1.51. The highest BCUT2D eigenvalue weighted by Gasteiger charge is 2.30. The van der Waals surface area contributed by atoms with Gasteiger partial charge < -0.3 is 48.5 Å². The molecule has 0 radical (unpaired) electrons. The fourth-order valence-electron chi connectivity index (χ4n) is 3.04. The van der Waals surface area contributed by atoms with E-state index in [1.165, 1.54) is 11.8 Å². The third kappa shape index (κ3) is 15.5. The van der Waals surface area contributed by atoms with Crippen molar-refractivity contribution in [1.82, 2.24) is 16.0 Å². The molecule has 0 aliphatic carbocycles. The zero-order chi connectivity index (χ0) is 29.3. The molecule has 0 aliphatic rings. The van der Waals surface area contributed by atoms with E-state index in [0.29, 0.717) is 12.2 Å². The minimum absolute atomic E-state index is 0.0773. The molecule has 0 fully saturated rings. The molecule has 4 atom stereocenters. The maximum atomic E-state index is 13.0. The smallest absolute Gasteiger partial charge is 0.326 e. The second kappa shape index (κ2) is 18.6. The van der Waals surface area contributed by atoms with Crippen molar-refractivity contribution in [2.24, 2.45) is 22.2 Å². The summed E-state index contributed by atoms with van der Waals surface area (Å²) in [7, 11) is 0.